The predicted molar refractivity (Wildman–Crippen MR) is 96.7 cm³/mol. The Kier molecular flexibility index (Phi) is 5.39. The van der Waals surface area contributed by atoms with Crippen molar-refractivity contribution >= 4 is 17.7 Å². The van der Waals surface area contributed by atoms with Gasteiger partial charge in [0.2, 0.25) is 0 Å². The maximum atomic E-state index is 12.8. The number of aromatic nitrogens is 2. The lowest BCUT2D eigenvalue weighted by atomic mass is 10.1. The van der Waals surface area contributed by atoms with E-state index < -0.39 is 5.97 Å². The molecule has 3 rings (SSSR count). The smallest absolute Gasteiger partial charge is 0.356 e. The van der Waals surface area contributed by atoms with Gasteiger partial charge in [-0.15, -0.1) is 0 Å². The van der Waals surface area contributed by atoms with Crippen LogP contribution in [0.3, 0.4) is 0 Å². The molecule has 1 saturated heterocycles. The Morgan fingerprint density at radius 3 is 2.07 bits per heavy atom. The Hall–Kier alpha value is -3.36. The molecule has 2 aromatic rings. The van der Waals surface area contributed by atoms with Crippen molar-refractivity contribution in [3.05, 3.63) is 41.9 Å². The van der Waals surface area contributed by atoms with Crippen molar-refractivity contribution in [3.8, 4) is 11.5 Å². The van der Waals surface area contributed by atoms with Crippen molar-refractivity contribution in [2.24, 2.45) is 0 Å². The summed E-state index contributed by atoms with van der Waals surface area (Å²) in [7, 11) is 3.08. The van der Waals surface area contributed by atoms with E-state index in [1.807, 2.05) is 4.90 Å². The van der Waals surface area contributed by atoms with Crippen LogP contribution in [-0.4, -0.2) is 72.2 Å². The van der Waals surface area contributed by atoms with E-state index in [2.05, 4.69) is 9.97 Å². The van der Waals surface area contributed by atoms with Gasteiger partial charge >= 0.3 is 5.97 Å². The molecule has 0 atom stereocenters. The number of anilines is 1. The van der Waals surface area contributed by atoms with Gasteiger partial charge in [0.25, 0.3) is 5.91 Å². The number of nitrogens with zero attached hydrogens (tertiary/aromatic N) is 4. The second-order valence-corrected chi connectivity index (χ2v) is 5.95. The number of benzene rings is 1. The molecule has 9 heteroatoms. The number of aromatic carboxylic acids is 1. The van der Waals surface area contributed by atoms with Crippen LogP contribution in [0, 0.1) is 0 Å². The van der Waals surface area contributed by atoms with Gasteiger partial charge in [-0.05, 0) is 12.1 Å². The molecule has 1 aromatic heterocycles. The predicted octanol–water partition coefficient (Wildman–Crippen LogP) is 1.15. The highest BCUT2D eigenvalue weighted by Crippen LogP contribution is 2.24. The van der Waals surface area contributed by atoms with Gasteiger partial charge in [0.15, 0.2) is 5.69 Å². The van der Waals surface area contributed by atoms with E-state index in [-0.39, 0.29) is 11.6 Å². The van der Waals surface area contributed by atoms with Crippen molar-refractivity contribution in [3.63, 3.8) is 0 Å². The minimum absolute atomic E-state index is 0.0977. The molecule has 1 aliphatic rings. The molecule has 142 valence electrons. The first-order valence-electron chi connectivity index (χ1n) is 8.34. The third-order valence-corrected chi connectivity index (χ3v) is 4.35. The molecule has 0 aliphatic carbocycles. The molecule has 1 fully saturated rings. The lowest BCUT2D eigenvalue weighted by Gasteiger charge is -2.35. The van der Waals surface area contributed by atoms with Crippen LogP contribution in [0.25, 0.3) is 0 Å². The van der Waals surface area contributed by atoms with Gasteiger partial charge in [-0.2, -0.15) is 0 Å². The van der Waals surface area contributed by atoms with E-state index in [1.165, 1.54) is 12.4 Å². The molecule has 1 aliphatic heterocycles. The Bertz CT molecular complexity index is 810. The summed E-state index contributed by atoms with van der Waals surface area (Å²) in [6, 6.07) is 5.09. The molecule has 9 nitrogen and oxygen atoms in total. The monoisotopic (exact) mass is 372 g/mol. The third-order valence-electron chi connectivity index (χ3n) is 4.35. The summed E-state index contributed by atoms with van der Waals surface area (Å²) in [6.07, 6.45) is 2.67. The fourth-order valence-corrected chi connectivity index (χ4v) is 2.85. The minimum atomic E-state index is -1.11. The Morgan fingerprint density at radius 2 is 1.59 bits per heavy atom. The number of ether oxygens (including phenoxy) is 2. The summed E-state index contributed by atoms with van der Waals surface area (Å²) >= 11 is 0. The highest BCUT2D eigenvalue weighted by Gasteiger charge is 2.24. The molecule has 0 unspecified atom stereocenters. The maximum absolute atomic E-state index is 12.8. The van der Waals surface area contributed by atoms with Gasteiger partial charge < -0.3 is 24.4 Å². The first-order valence-corrected chi connectivity index (χ1v) is 8.34. The second kappa shape index (κ2) is 7.90. The maximum Gasteiger partial charge on any atom is 0.356 e. The second-order valence-electron chi connectivity index (χ2n) is 5.95. The van der Waals surface area contributed by atoms with Crippen molar-refractivity contribution < 1.29 is 24.2 Å². The molecule has 2 heterocycles. The number of methoxy groups -OCH3 is 2. The minimum Gasteiger partial charge on any atom is -0.497 e. The van der Waals surface area contributed by atoms with Crippen LogP contribution in [0.1, 0.15) is 20.8 Å². The van der Waals surface area contributed by atoms with E-state index in [0.29, 0.717) is 49.1 Å². The zero-order chi connectivity index (χ0) is 19.4. The van der Waals surface area contributed by atoms with E-state index in [1.54, 1.807) is 37.3 Å². The van der Waals surface area contributed by atoms with Gasteiger partial charge in [0, 0.05) is 37.8 Å². The van der Waals surface area contributed by atoms with Crippen LogP contribution in [0.5, 0.6) is 11.5 Å². The van der Waals surface area contributed by atoms with Crippen LogP contribution in [-0.2, 0) is 0 Å². The first-order chi connectivity index (χ1) is 13.0. The van der Waals surface area contributed by atoms with Gasteiger partial charge in [-0.3, -0.25) is 4.79 Å². The van der Waals surface area contributed by atoms with Crippen LogP contribution in [0.15, 0.2) is 30.6 Å². The number of rotatable bonds is 5. The topological polar surface area (TPSA) is 105 Å². The van der Waals surface area contributed by atoms with Crippen molar-refractivity contribution in [2.75, 3.05) is 45.3 Å². The fraction of sp³-hybridized carbons (Fsp3) is 0.333. The molecule has 0 spiro atoms. The molecule has 27 heavy (non-hydrogen) atoms. The average molecular weight is 372 g/mol. The number of carbonyl (C=O) groups excluding carboxylic acids is 1. The summed E-state index contributed by atoms with van der Waals surface area (Å²) in [5.41, 5.74) is 0.407. The quantitative estimate of drug-likeness (QED) is 0.833. The lowest BCUT2D eigenvalue weighted by molar-refractivity contribution is 0.0688. The number of hydrogen-bond donors (Lipinski definition) is 1. The van der Waals surface area contributed by atoms with E-state index >= 15 is 0 Å². The molecular formula is C18H20N4O5. The number of piperazine rings is 1. The molecule has 0 radical (unpaired) electrons. The Morgan fingerprint density at radius 1 is 0.963 bits per heavy atom. The number of amides is 1. The lowest BCUT2D eigenvalue weighted by Crippen LogP contribution is -2.49. The number of carboxylic acid groups (broad SMARTS) is 1. The van der Waals surface area contributed by atoms with E-state index in [0.717, 1.165) is 0 Å². The molecule has 0 bridgehead atoms. The highest BCUT2D eigenvalue weighted by atomic mass is 16.5. The SMILES string of the molecule is COc1cc(OC)cc(C(=O)N2CCN(c3cnc(C(=O)O)cn3)CC2)c1. The first kappa shape index (κ1) is 18.4. The van der Waals surface area contributed by atoms with Crippen molar-refractivity contribution in [2.45, 2.75) is 0 Å². The molecular weight excluding hydrogens is 352 g/mol. The van der Waals surface area contributed by atoms with Crippen molar-refractivity contribution in [1.29, 1.82) is 0 Å². The van der Waals surface area contributed by atoms with Crippen LogP contribution < -0.4 is 14.4 Å². The number of carbonyl (C=O) groups is 2. The van der Waals surface area contributed by atoms with Crippen LogP contribution >= 0.6 is 0 Å². The number of hydrogen-bond acceptors (Lipinski definition) is 7. The Balaban J connectivity index is 1.66. The summed E-state index contributed by atoms with van der Waals surface area (Å²) in [6.45, 7) is 2.18. The van der Waals surface area contributed by atoms with E-state index in [4.69, 9.17) is 14.6 Å². The largest absolute Gasteiger partial charge is 0.497 e. The standard InChI is InChI=1S/C18H20N4O5/c1-26-13-7-12(8-14(9-13)27-2)17(23)22-5-3-21(4-6-22)16-11-19-15(10-20-16)18(24)25/h7-11H,3-6H2,1-2H3,(H,24,25). The zero-order valence-corrected chi connectivity index (χ0v) is 15.1. The normalized spacial score (nSPS) is 14.0. The average Bonchev–Trinajstić information content (AvgIpc) is 2.73. The Labute approximate surface area is 156 Å². The summed E-state index contributed by atoms with van der Waals surface area (Å²) in [5, 5.41) is 8.89. The van der Waals surface area contributed by atoms with Gasteiger partial charge in [0.1, 0.15) is 17.3 Å². The molecule has 1 aromatic carbocycles. The molecule has 0 saturated carbocycles. The van der Waals surface area contributed by atoms with Crippen LogP contribution in [0.2, 0.25) is 0 Å². The van der Waals surface area contributed by atoms with Gasteiger partial charge in [-0.25, -0.2) is 14.8 Å². The van der Waals surface area contributed by atoms with E-state index in [9.17, 15) is 9.59 Å². The van der Waals surface area contributed by atoms with Crippen molar-refractivity contribution in [1.82, 2.24) is 14.9 Å². The summed E-state index contributed by atoms with van der Waals surface area (Å²) < 4.78 is 10.4. The summed E-state index contributed by atoms with van der Waals surface area (Å²) in [5.74, 6) is 0.503. The zero-order valence-electron chi connectivity index (χ0n) is 15.1. The number of carboxylic acids is 1. The highest BCUT2D eigenvalue weighted by molar-refractivity contribution is 5.95. The molecule has 1 N–H and O–H groups in total. The third kappa shape index (κ3) is 4.08. The fourth-order valence-electron chi connectivity index (χ4n) is 2.85. The summed E-state index contributed by atoms with van der Waals surface area (Å²) in [4.78, 5) is 35.4. The van der Waals surface area contributed by atoms with Crippen LogP contribution in [0.4, 0.5) is 5.82 Å². The molecule has 1 amide bonds. The van der Waals surface area contributed by atoms with Gasteiger partial charge in [0.05, 0.1) is 26.6 Å². The van der Waals surface area contributed by atoms with Gasteiger partial charge in [-0.1, -0.05) is 0 Å².